The molecule has 0 N–H and O–H groups in total. The first-order chi connectivity index (χ1) is 11.8. The highest BCUT2D eigenvalue weighted by Gasteiger charge is 2.15. The lowest BCUT2D eigenvalue weighted by molar-refractivity contribution is 0.103. The van der Waals surface area contributed by atoms with Crippen molar-refractivity contribution in [3.8, 4) is 0 Å². The second-order valence-corrected chi connectivity index (χ2v) is 8.44. The third-order valence-electron chi connectivity index (χ3n) is 4.10. The largest absolute Gasteiger partial charge is 0.371 e. The van der Waals surface area contributed by atoms with Gasteiger partial charge in [-0.3, -0.25) is 4.79 Å². The van der Waals surface area contributed by atoms with Crippen molar-refractivity contribution < 1.29 is 4.79 Å². The molecule has 0 aliphatic heterocycles. The fourth-order valence-corrected chi connectivity index (χ4v) is 3.29. The number of benzene rings is 2. The quantitative estimate of drug-likeness (QED) is 0.521. The third kappa shape index (κ3) is 5.43. The topological polar surface area (TPSA) is 20.3 Å². The van der Waals surface area contributed by atoms with Crippen LogP contribution in [0.4, 0.5) is 5.69 Å². The van der Waals surface area contributed by atoms with Crippen LogP contribution in [0.1, 0.15) is 49.2 Å². The van der Waals surface area contributed by atoms with Crippen LogP contribution in [0.5, 0.6) is 0 Å². The lowest BCUT2D eigenvalue weighted by Gasteiger charge is -2.29. The molecule has 0 aliphatic rings. The monoisotopic (exact) mass is 401 g/mol. The van der Waals surface area contributed by atoms with Crippen LogP contribution in [-0.2, 0) is 0 Å². The highest BCUT2D eigenvalue weighted by atomic mass is 79.9. The van der Waals surface area contributed by atoms with Gasteiger partial charge in [0.15, 0.2) is 5.78 Å². The van der Waals surface area contributed by atoms with Crippen LogP contribution in [0.2, 0.25) is 0 Å². The Balaban J connectivity index is 2.29. The minimum Gasteiger partial charge on any atom is -0.371 e. The molecule has 0 radical (unpaired) electrons. The fraction of sp³-hybridized carbons (Fsp3) is 0.409. The van der Waals surface area contributed by atoms with Gasteiger partial charge >= 0.3 is 0 Å². The first-order valence-electron chi connectivity index (χ1n) is 8.93. The Morgan fingerprint density at radius 1 is 0.960 bits per heavy atom. The van der Waals surface area contributed by atoms with Gasteiger partial charge < -0.3 is 4.90 Å². The van der Waals surface area contributed by atoms with E-state index in [-0.39, 0.29) is 5.78 Å². The molecule has 2 nitrogen and oxygen atoms in total. The van der Waals surface area contributed by atoms with Crippen LogP contribution >= 0.6 is 15.9 Å². The van der Waals surface area contributed by atoms with E-state index < -0.39 is 0 Å². The van der Waals surface area contributed by atoms with Gasteiger partial charge in [0.2, 0.25) is 0 Å². The molecule has 2 aromatic carbocycles. The maximum absolute atomic E-state index is 12.8. The smallest absolute Gasteiger partial charge is 0.193 e. The van der Waals surface area contributed by atoms with E-state index in [1.807, 2.05) is 37.3 Å². The maximum Gasteiger partial charge on any atom is 0.193 e. The van der Waals surface area contributed by atoms with Crippen LogP contribution in [0.3, 0.4) is 0 Å². The lowest BCUT2D eigenvalue weighted by Crippen LogP contribution is -2.31. The normalized spacial score (nSPS) is 11.2. The molecule has 0 amide bonds. The minimum atomic E-state index is 0.0795. The van der Waals surface area contributed by atoms with Gasteiger partial charge in [0.25, 0.3) is 0 Å². The number of anilines is 1. The SMILES string of the molecule is Cc1cc(N(CC(C)C)CC(C)C)ccc1C(=O)c1ccc(Br)cc1. The zero-order valence-corrected chi connectivity index (χ0v) is 17.4. The molecule has 0 fully saturated rings. The average molecular weight is 402 g/mol. The Morgan fingerprint density at radius 3 is 2.00 bits per heavy atom. The van der Waals surface area contributed by atoms with E-state index in [1.54, 1.807) is 0 Å². The van der Waals surface area contributed by atoms with Crippen molar-refractivity contribution in [3.05, 3.63) is 63.6 Å². The second-order valence-electron chi connectivity index (χ2n) is 7.53. The van der Waals surface area contributed by atoms with Gasteiger partial charge in [0, 0.05) is 34.4 Å². The molecule has 0 heterocycles. The van der Waals surface area contributed by atoms with Gasteiger partial charge in [0.05, 0.1) is 0 Å². The van der Waals surface area contributed by atoms with Crippen molar-refractivity contribution in [1.29, 1.82) is 0 Å². The second kappa shape index (κ2) is 8.66. The first kappa shape index (κ1) is 19.7. The van der Waals surface area contributed by atoms with Crippen LogP contribution in [0.15, 0.2) is 46.9 Å². The van der Waals surface area contributed by atoms with E-state index >= 15 is 0 Å². The molecule has 0 aliphatic carbocycles. The number of aryl methyl sites for hydroxylation is 1. The summed E-state index contributed by atoms with van der Waals surface area (Å²) in [5.74, 6) is 1.28. The fourth-order valence-electron chi connectivity index (χ4n) is 3.02. The minimum absolute atomic E-state index is 0.0795. The summed E-state index contributed by atoms with van der Waals surface area (Å²) in [5, 5.41) is 0. The molecule has 2 aromatic rings. The van der Waals surface area contributed by atoms with E-state index in [0.29, 0.717) is 11.8 Å². The highest BCUT2D eigenvalue weighted by molar-refractivity contribution is 9.10. The lowest BCUT2D eigenvalue weighted by atomic mass is 9.98. The van der Waals surface area contributed by atoms with Gasteiger partial charge in [-0.05, 0) is 66.8 Å². The number of halogens is 1. The molecule has 134 valence electrons. The van der Waals surface area contributed by atoms with Crippen molar-refractivity contribution in [2.75, 3.05) is 18.0 Å². The molecule has 0 aromatic heterocycles. The predicted octanol–water partition coefficient (Wildman–Crippen LogP) is 6.11. The van der Waals surface area contributed by atoms with E-state index in [9.17, 15) is 4.79 Å². The number of carbonyl (C=O) groups is 1. The van der Waals surface area contributed by atoms with Crippen molar-refractivity contribution in [1.82, 2.24) is 0 Å². The van der Waals surface area contributed by atoms with Crippen molar-refractivity contribution in [3.63, 3.8) is 0 Å². The Labute approximate surface area is 160 Å². The highest BCUT2D eigenvalue weighted by Crippen LogP contribution is 2.24. The summed E-state index contributed by atoms with van der Waals surface area (Å²) in [6.45, 7) is 13.0. The van der Waals surface area contributed by atoms with Crippen LogP contribution < -0.4 is 4.90 Å². The van der Waals surface area contributed by atoms with E-state index in [4.69, 9.17) is 0 Å². The molecule has 0 saturated heterocycles. The third-order valence-corrected chi connectivity index (χ3v) is 4.63. The number of ketones is 1. The zero-order valence-electron chi connectivity index (χ0n) is 15.8. The number of rotatable bonds is 7. The zero-order chi connectivity index (χ0) is 18.6. The standard InChI is InChI=1S/C22H28BrNO/c1-15(2)13-24(14-16(3)4)20-10-11-21(17(5)12-20)22(25)18-6-8-19(23)9-7-18/h6-12,15-16H,13-14H2,1-5H3. The van der Waals surface area contributed by atoms with Gasteiger partial charge in [-0.15, -0.1) is 0 Å². The number of nitrogens with zero attached hydrogens (tertiary/aromatic N) is 1. The number of carbonyl (C=O) groups excluding carboxylic acids is 1. The summed E-state index contributed by atoms with van der Waals surface area (Å²) in [4.78, 5) is 15.2. The molecule has 25 heavy (non-hydrogen) atoms. The molecule has 3 heteroatoms. The molecule has 0 bridgehead atoms. The number of hydrogen-bond donors (Lipinski definition) is 0. The number of hydrogen-bond acceptors (Lipinski definition) is 2. The summed E-state index contributed by atoms with van der Waals surface area (Å²) in [6.07, 6.45) is 0. The Kier molecular flexibility index (Phi) is 6.83. The summed E-state index contributed by atoms with van der Waals surface area (Å²) < 4.78 is 0.981. The molecule has 0 atom stereocenters. The molecular weight excluding hydrogens is 374 g/mol. The Bertz CT molecular complexity index is 709. The van der Waals surface area contributed by atoms with Gasteiger partial charge in [-0.25, -0.2) is 0 Å². The van der Waals surface area contributed by atoms with E-state index in [2.05, 4.69) is 60.7 Å². The predicted molar refractivity (Wildman–Crippen MR) is 111 cm³/mol. The average Bonchev–Trinajstić information content (AvgIpc) is 2.53. The molecule has 0 unspecified atom stereocenters. The Hall–Kier alpha value is -1.61. The van der Waals surface area contributed by atoms with Gasteiger partial charge in [0.1, 0.15) is 0 Å². The van der Waals surface area contributed by atoms with Crippen LogP contribution in [-0.4, -0.2) is 18.9 Å². The molecule has 0 spiro atoms. The molecular formula is C22H28BrNO. The van der Waals surface area contributed by atoms with Crippen molar-refractivity contribution in [2.24, 2.45) is 11.8 Å². The summed E-state index contributed by atoms with van der Waals surface area (Å²) >= 11 is 3.41. The van der Waals surface area contributed by atoms with Gasteiger partial charge in [-0.2, -0.15) is 0 Å². The molecule has 0 saturated carbocycles. The summed E-state index contributed by atoms with van der Waals surface area (Å²) in [7, 11) is 0. The summed E-state index contributed by atoms with van der Waals surface area (Å²) in [6, 6.07) is 13.8. The van der Waals surface area contributed by atoms with Crippen molar-refractivity contribution in [2.45, 2.75) is 34.6 Å². The van der Waals surface area contributed by atoms with Crippen LogP contribution in [0, 0.1) is 18.8 Å². The van der Waals surface area contributed by atoms with E-state index in [0.717, 1.165) is 34.3 Å². The Morgan fingerprint density at radius 2 is 1.52 bits per heavy atom. The van der Waals surface area contributed by atoms with E-state index in [1.165, 1.54) is 5.69 Å². The van der Waals surface area contributed by atoms with Crippen molar-refractivity contribution >= 4 is 27.4 Å². The summed E-state index contributed by atoms with van der Waals surface area (Å²) in [5.41, 5.74) is 3.73. The van der Waals surface area contributed by atoms with Crippen LogP contribution in [0.25, 0.3) is 0 Å². The maximum atomic E-state index is 12.8. The molecule has 2 rings (SSSR count). The first-order valence-corrected chi connectivity index (χ1v) is 9.73. The van der Waals surface area contributed by atoms with Gasteiger partial charge in [-0.1, -0.05) is 43.6 Å².